The van der Waals surface area contributed by atoms with Gasteiger partial charge in [0.25, 0.3) is 0 Å². The Bertz CT molecular complexity index is 556. The zero-order chi connectivity index (χ0) is 15.6. The molecular weight excluding hydrogens is 270 g/mol. The van der Waals surface area contributed by atoms with Crippen molar-refractivity contribution in [3.8, 4) is 0 Å². The number of hydrogen-bond acceptors (Lipinski definition) is 5. The first kappa shape index (κ1) is 15.3. The van der Waals surface area contributed by atoms with E-state index in [-0.39, 0.29) is 6.09 Å². The minimum Gasteiger partial charge on any atom is -0.444 e. The van der Waals surface area contributed by atoms with E-state index in [0.29, 0.717) is 19.6 Å². The third-order valence-electron chi connectivity index (χ3n) is 2.96. The van der Waals surface area contributed by atoms with Crippen molar-refractivity contribution in [2.45, 2.75) is 33.3 Å². The summed E-state index contributed by atoms with van der Waals surface area (Å²) >= 11 is 0. The molecule has 0 unspecified atom stereocenters. The molecule has 0 bridgehead atoms. The van der Waals surface area contributed by atoms with Crippen LogP contribution in [-0.4, -0.2) is 51.8 Å². The number of amides is 1. The molecule has 21 heavy (non-hydrogen) atoms. The Labute approximate surface area is 125 Å². The lowest BCUT2D eigenvalue weighted by Gasteiger charge is -2.29. The predicted octanol–water partition coefficient (Wildman–Crippen LogP) is 1.79. The highest BCUT2D eigenvalue weighted by atomic mass is 16.6. The van der Waals surface area contributed by atoms with Crippen molar-refractivity contribution in [1.82, 2.24) is 14.7 Å². The summed E-state index contributed by atoms with van der Waals surface area (Å²) in [7, 11) is 1.87. The maximum atomic E-state index is 12.1. The molecule has 1 aromatic rings. The molecule has 0 radical (unpaired) electrons. The third-order valence-corrected chi connectivity index (χ3v) is 2.96. The molecule has 2 rings (SSSR count). The maximum Gasteiger partial charge on any atom is 0.410 e. The van der Waals surface area contributed by atoms with Crippen molar-refractivity contribution in [3.63, 3.8) is 0 Å². The second-order valence-electron chi connectivity index (χ2n) is 6.16. The summed E-state index contributed by atoms with van der Waals surface area (Å²) in [6, 6.07) is 0. The molecule has 1 amide bonds. The first-order valence-electron chi connectivity index (χ1n) is 7.03. The number of carbonyl (C=O) groups is 1. The van der Waals surface area contributed by atoms with Crippen LogP contribution in [0.15, 0.2) is 11.2 Å². The molecule has 0 spiro atoms. The largest absolute Gasteiger partial charge is 0.444 e. The molecule has 1 aromatic heterocycles. The molecule has 7 heteroatoms. The topological polar surface area (TPSA) is 71.8 Å². The fraction of sp³-hybridized carbons (Fsp3) is 0.643. The first-order valence-corrected chi connectivity index (χ1v) is 7.03. The minimum absolute atomic E-state index is 0.306. The lowest BCUT2D eigenvalue weighted by Crippen LogP contribution is -2.45. The molecule has 0 aromatic carbocycles. The van der Waals surface area contributed by atoms with E-state index in [1.165, 1.54) is 0 Å². The molecule has 0 saturated heterocycles. The van der Waals surface area contributed by atoms with Gasteiger partial charge in [-0.1, -0.05) is 0 Å². The fourth-order valence-electron chi connectivity index (χ4n) is 2.05. The molecule has 116 valence electrons. The highest BCUT2D eigenvalue weighted by molar-refractivity contribution is 5.99. The van der Waals surface area contributed by atoms with E-state index < -0.39 is 5.60 Å². The van der Waals surface area contributed by atoms with Crippen LogP contribution in [0.5, 0.6) is 0 Å². The highest BCUT2D eigenvalue weighted by Crippen LogP contribution is 2.14. The van der Waals surface area contributed by atoms with E-state index in [1.807, 2.05) is 40.9 Å². The number of nitrogens with zero attached hydrogens (tertiary/aromatic N) is 4. The summed E-state index contributed by atoms with van der Waals surface area (Å²) in [6.07, 6.45) is 1.59. The number of nitrogens with one attached hydrogen (secondary N) is 1. The predicted molar refractivity (Wildman–Crippen MR) is 81.7 cm³/mol. The smallest absolute Gasteiger partial charge is 0.410 e. The van der Waals surface area contributed by atoms with Crippen molar-refractivity contribution in [2.24, 2.45) is 12.0 Å². The second-order valence-corrected chi connectivity index (χ2v) is 6.16. The Kier molecular flexibility index (Phi) is 4.20. The number of amidine groups is 1. The second kappa shape index (κ2) is 5.75. The van der Waals surface area contributed by atoms with Gasteiger partial charge < -0.3 is 10.1 Å². The van der Waals surface area contributed by atoms with Crippen LogP contribution in [0.3, 0.4) is 0 Å². The van der Waals surface area contributed by atoms with Gasteiger partial charge in [0.1, 0.15) is 11.4 Å². The van der Waals surface area contributed by atoms with Gasteiger partial charge in [-0.3, -0.25) is 14.6 Å². The SMILES string of the molecule is Cc1nn(C)cc1NC1=NCCN(C(=O)OC(C)(C)C)C1. The van der Waals surface area contributed by atoms with Gasteiger partial charge in [0.2, 0.25) is 0 Å². The quantitative estimate of drug-likeness (QED) is 0.857. The Hall–Kier alpha value is -2.05. The Balaban J connectivity index is 1.99. The lowest BCUT2D eigenvalue weighted by molar-refractivity contribution is 0.0278. The van der Waals surface area contributed by atoms with Gasteiger partial charge in [-0.15, -0.1) is 0 Å². The Morgan fingerprint density at radius 2 is 2.14 bits per heavy atom. The van der Waals surface area contributed by atoms with Crippen molar-refractivity contribution in [1.29, 1.82) is 0 Å². The average molecular weight is 293 g/mol. The monoisotopic (exact) mass is 293 g/mol. The van der Waals surface area contributed by atoms with Crippen LogP contribution >= 0.6 is 0 Å². The normalized spacial score (nSPS) is 15.7. The van der Waals surface area contributed by atoms with Crippen LogP contribution < -0.4 is 5.32 Å². The highest BCUT2D eigenvalue weighted by Gasteiger charge is 2.25. The number of aromatic nitrogens is 2. The Morgan fingerprint density at radius 1 is 1.43 bits per heavy atom. The van der Waals surface area contributed by atoms with Crippen molar-refractivity contribution < 1.29 is 9.53 Å². The molecule has 1 aliphatic rings. The summed E-state index contributed by atoms with van der Waals surface area (Å²) in [5.74, 6) is 0.753. The zero-order valence-electron chi connectivity index (χ0n) is 13.3. The van der Waals surface area contributed by atoms with Crippen LogP contribution in [0, 0.1) is 6.92 Å². The number of ether oxygens (including phenoxy) is 1. The van der Waals surface area contributed by atoms with Gasteiger partial charge >= 0.3 is 6.09 Å². The molecule has 2 heterocycles. The van der Waals surface area contributed by atoms with E-state index in [0.717, 1.165) is 17.2 Å². The molecule has 7 nitrogen and oxygen atoms in total. The lowest BCUT2D eigenvalue weighted by atomic mass is 10.2. The van der Waals surface area contributed by atoms with E-state index in [1.54, 1.807) is 9.58 Å². The zero-order valence-corrected chi connectivity index (χ0v) is 13.3. The van der Waals surface area contributed by atoms with Gasteiger partial charge in [-0.2, -0.15) is 5.10 Å². The van der Waals surface area contributed by atoms with E-state index in [4.69, 9.17) is 4.74 Å². The summed E-state index contributed by atoms with van der Waals surface area (Å²) in [5.41, 5.74) is 1.32. The third kappa shape index (κ3) is 4.21. The number of aliphatic imine (C=N–C) groups is 1. The molecule has 1 aliphatic heterocycles. The van der Waals surface area contributed by atoms with Gasteiger partial charge in [0, 0.05) is 19.8 Å². The van der Waals surface area contributed by atoms with Gasteiger partial charge in [-0.05, 0) is 27.7 Å². The molecule has 1 N–H and O–H groups in total. The van der Waals surface area contributed by atoms with Gasteiger partial charge in [0.05, 0.1) is 24.5 Å². The number of hydrogen-bond donors (Lipinski definition) is 1. The molecule has 0 atom stereocenters. The van der Waals surface area contributed by atoms with Crippen molar-refractivity contribution >= 4 is 17.6 Å². The Morgan fingerprint density at radius 3 is 2.71 bits per heavy atom. The summed E-state index contributed by atoms with van der Waals surface area (Å²) in [5, 5.41) is 7.51. The van der Waals surface area contributed by atoms with Crippen molar-refractivity contribution in [3.05, 3.63) is 11.9 Å². The standard InChI is InChI=1S/C14H23N5O2/c1-10-11(8-18(5)17-10)16-12-9-19(7-6-15-12)13(20)21-14(2,3)4/h8H,6-7,9H2,1-5H3,(H,15,16). The van der Waals surface area contributed by atoms with Crippen molar-refractivity contribution in [2.75, 3.05) is 25.0 Å². The van der Waals surface area contributed by atoms with E-state index in [2.05, 4.69) is 15.4 Å². The number of rotatable bonds is 1. The maximum absolute atomic E-state index is 12.1. The van der Waals surface area contributed by atoms with Gasteiger partial charge in [0.15, 0.2) is 0 Å². The molecule has 0 aliphatic carbocycles. The fourth-order valence-corrected chi connectivity index (χ4v) is 2.05. The van der Waals surface area contributed by atoms with E-state index >= 15 is 0 Å². The van der Waals surface area contributed by atoms with Gasteiger partial charge in [-0.25, -0.2) is 4.79 Å². The summed E-state index contributed by atoms with van der Waals surface area (Å²) in [6.45, 7) is 9.08. The van der Waals surface area contributed by atoms with Crippen LogP contribution in [0.25, 0.3) is 0 Å². The average Bonchev–Trinajstić information content (AvgIpc) is 2.66. The first-order chi connectivity index (χ1) is 9.74. The van der Waals surface area contributed by atoms with Crippen LogP contribution in [0.1, 0.15) is 26.5 Å². The molecular formula is C14H23N5O2. The van der Waals surface area contributed by atoms with Crippen LogP contribution in [-0.2, 0) is 11.8 Å². The number of carbonyl (C=O) groups excluding carboxylic acids is 1. The molecule has 0 fully saturated rings. The summed E-state index contributed by atoms with van der Waals surface area (Å²) in [4.78, 5) is 18.2. The van der Waals surface area contributed by atoms with E-state index in [9.17, 15) is 4.79 Å². The minimum atomic E-state index is -0.487. The summed E-state index contributed by atoms with van der Waals surface area (Å²) < 4.78 is 7.13. The number of aryl methyl sites for hydroxylation is 2. The molecule has 0 saturated carbocycles. The van der Waals surface area contributed by atoms with Crippen LogP contribution in [0.2, 0.25) is 0 Å². The number of anilines is 1. The van der Waals surface area contributed by atoms with Crippen LogP contribution in [0.4, 0.5) is 10.5 Å².